The molecule has 2 rings (SSSR count). The van der Waals surface area contributed by atoms with Gasteiger partial charge in [0.25, 0.3) is 0 Å². The van der Waals surface area contributed by atoms with Crippen molar-refractivity contribution in [1.82, 2.24) is 10.3 Å². The van der Waals surface area contributed by atoms with Crippen LogP contribution in [-0.4, -0.2) is 30.0 Å². The van der Waals surface area contributed by atoms with E-state index >= 15 is 0 Å². The molecule has 0 spiro atoms. The zero-order valence-electron chi connectivity index (χ0n) is 15.0. The molecule has 1 amide bonds. The highest BCUT2D eigenvalue weighted by molar-refractivity contribution is 5.85. The second-order valence-corrected chi connectivity index (χ2v) is 6.02. The van der Waals surface area contributed by atoms with Crippen molar-refractivity contribution < 1.29 is 18.7 Å². The van der Waals surface area contributed by atoms with Crippen molar-refractivity contribution in [1.29, 1.82) is 0 Å². The number of esters is 1. The van der Waals surface area contributed by atoms with Gasteiger partial charge in [-0.1, -0.05) is 38.5 Å². The van der Waals surface area contributed by atoms with Crippen LogP contribution in [-0.2, 0) is 20.7 Å². The van der Waals surface area contributed by atoms with Crippen LogP contribution in [0.1, 0.15) is 31.7 Å². The number of hydrogen-bond acceptors (Lipinski definition) is 5. The molecule has 6 nitrogen and oxygen atoms in total. The van der Waals surface area contributed by atoms with E-state index < -0.39 is 12.0 Å². The third kappa shape index (κ3) is 4.68. The quantitative estimate of drug-likeness (QED) is 0.781. The lowest BCUT2D eigenvalue weighted by atomic mass is 9.99. The van der Waals surface area contributed by atoms with Crippen LogP contribution < -0.4 is 5.32 Å². The summed E-state index contributed by atoms with van der Waals surface area (Å²) in [5, 5.41) is 2.75. The normalized spacial score (nSPS) is 13.1. The number of benzene rings is 1. The van der Waals surface area contributed by atoms with Gasteiger partial charge in [0.05, 0.1) is 19.2 Å². The molecule has 0 fully saturated rings. The first kappa shape index (κ1) is 18.7. The smallest absolute Gasteiger partial charge is 0.328 e. The second-order valence-electron chi connectivity index (χ2n) is 6.02. The fourth-order valence-corrected chi connectivity index (χ4v) is 2.47. The summed E-state index contributed by atoms with van der Waals surface area (Å²) in [6.45, 7) is 5.63. The molecule has 25 heavy (non-hydrogen) atoms. The second kappa shape index (κ2) is 8.46. The Hall–Kier alpha value is -2.63. The van der Waals surface area contributed by atoms with Crippen molar-refractivity contribution in [3.05, 3.63) is 41.8 Å². The lowest BCUT2D eigenvalue weighted by Gasteiger charge is -2.21. The third-order valence-corrected chi connectivity index (χ3v) is 4.23. The number of amides is 1. The number of aryl methyl sites for hydroxylation is 1. The Kier molecular flexibility index (Phi) is 6.33. The Morgan fingerprint density at radius 1 is 1.28 bits per heavy atom. The van der Waals surface area contributed by atoms with Crippen LogP contribution in [0.5, 0.6) is 0 Å². The molecule has 1 aromatic carbocycles. The van der Waals surface area contributed by atoms with Crippen molar-refractivity contribution in [3.63, 3.8) is 0 Å². The summed E-state index contributed by atoms with van der Waals surface area (Å²) in [6.07, 6.45) is 0.799. The molecule has 1 aromatic heterocycles. The number of rotatable bonds is 7. The predicted octanol–water partition coefficient (Wildman–Crippen LogP) is 2.90. The van der Waals surface area contributed by atoms with E-state index in [1.807, 2.05) is 44.2 Å². The van der Waals surface area contributed by atoms with Crippen LogP contribution in [0.3, 0.4) is 0 Å². The van der Waals surface area contributed by atoms with Gasteiger partial charge in [-0.05, 0) is 25.0 Å². The molecule has 2 atom stereocenters. The zero-order valence-corrected chi connectivity index (χ0v) is 15.0. The van der Waals surface area contributed by atoms with Crippen LogP contribution in [0.2, 0.25) is 0 Å². The number of methoxy groups -OCH3 is 1. The van der Waals surface area contributed by atoms with E-state index in [1.165, 1.54) is 7.11 Å². The molecule has 1 heterocycles. The maximum Gasteiger partial charge on any atom is 0.328 e. The van der Waals surface area contributed by atoms with E-state index in [4.69, 9.17) is 9.15 Å². The Morgan fingerprint density at radius 3 is 2.56 bits per heavy atom. The molecular weight excluding hydrogens is 320 g/mol. The number of carbonyl (C=O) groups is 2. The van der Waals surface area contributed by atoms with Gasteiger partial charge in [0, 0.05) is 5.56 Å². The predicted molar refractivity (Wildman–Crippen MR) is 93.8 cm³/mol. The molecule has 0 aliphatic heterocycles. The molecule has 1 N–H and O–H groups in total. The summed E-state index contributed by atoms with van der Waals surface area (Å²) >= 11 is 0. The van der Waals surface area contributed by atoms with Gasteiger partial charge in [0.2, 0.25) is 11.8 Å². The zero-order chi connectivity index (χ0) is 18.4. The highest BCUT2D eigenvalue weighted by atomic mass is 16.5. The Bertz CT molecular complexity index is 724. The fourth-order valence-electron chi connectivity index (χ4n) is 2.47. The standard InChI is InChI=1S/C19H24N2O4/c1-5-12(2)17(19(23)24-4)21-16(22)11-15-13(3)25-18(20-15)14-9-7-6-8-10-14/h6-10,12,17H,5,11H2,1-4H3,(H,21,22)/t12-,17+/m0/s1. The summed E-state index contributed by atoms with van der Waals surface area (Å²) in [5.74, 6) is 0.324. The van der Waals surface area contributed by atoms with Crippen LogP contribution in [0.15, 0.2) is 34.7 Å². The first-order valence-corrected chi connectivity index (χ1v) is 8.35. The van der Waals surface area contributed by atoms with Gasteiger partial charge >= 0.3 is 5.97 Å². The number of aromatic nitrogens is 1. The summed E-state index contributed by atoms with van der Waals surface area (Å²) in [7, 11) is 1.32. The monoisotopic (exact) mass is 344 g/mol. The molecule has 0 saturated carbocycles. The molecule has 0 unspecified atom stereocenters. The highest BCUT2D eigenvalue weighted by Crippen LogP contribution is 2.21. The fraction of sp³-hybridized carbons (Fsp3) is 0.421. The number of carbonyl (C=O) groups excluding carboxylic acids is 2. The van der Waals surface area contributed by atoms with Crippen molar-refractivity contribution >= 4 is 11.9 Å². The van der Waals surface area contributed by atoms with Gasteiger partial charge < -0.3 is 14.5 Å². The van der Waals surface area contributed by atoms with Gasteiger partial charge in [0.1, 0.15) is 11.8 Å². The molecule has 0 aliphatic rings. The molecule has 134 valence electrons. The molecule has 0 bridgehead atoms. The molecule has 6 heteroatoms. The molecule has 0 saturated heterocycles. The number of ether oxygens (including phenoxy) is 1. The minimum Gasteiger partial charge on any atom is -0.467 e. The maximum atomic E-state index is 12.4. The largest absolute Gasteiger partial charge is 0.467 e. The minimum atomic E-state index is -0.664. The van der Waals surface area contributed by atoms with E-state index in [-0.39, 0.29) is 18.2 Å². The summed E-state index contributed by atoms with van der Waals surface area (Å²) in [6, 6.07) is 8.83. The van der Waals surface area contributed by atoms with Crippen molar-refractivity contribution in [2.24, 2.45) is 5.92 Å². The van der Waals surface area contributed by atoms with Gasteiger partial charge in [-0.3, -0.25) is 4.79 Å². The van der Waals surface area contributed by atoms with E-state index in [2.05, 4.69) is 10.3 Å². The average Bonchev–Trinajstić information content (AvgIpc) is 2.99. The van der Waals surface area contributed by atoms with Gasteiger partial charge in [0.15, 0.2) is 0 Å². The summed E-state index contributed by atoms with van der Waals surface area (Å²) in [5.41, 5.74) is 1.41. The lowest BCUT2D eigenvalue weighted by molar-refractivity contribution is -0.146. The Balaban J connectivity index is 2.10. The number of oxazole rings is 1. The molecule has 0 aliphatic carbocycles. The van der Waals surface area contributed by atoms with Gasteiger partial charge in [-0.2, -0.15) is 0 Å². The van der Waals surface area contributed by atoms with E-state index in [0.717, 1.165) is 12.0 Å². The maximum absolute atomic E-state index is 12.4. The van der Waals surface area contributed by atoms with E-state index in [9.17, 15) is 9.59 Å². The minimum absolute atomic E-state index is 0.0188. The molecular formula is C19H24N2O4. The molecule has 2 aromatic rings. The molecule has 0 radical (unpaired) electrons. The average molecular weight is 344 g/mol. The number of nitrogens with one attached hydrogen (secondary N) is 1. The first-order chi connectivity index (χ1) is 12.0. The lowest BCUT2D eigenvalue weighted by Crippen LogP contribution is -2.46. The summed E-state index contributed by atoms with van der Waals surface area (Å²) in [4.78, 5) is 28.7. The topological polar surface area (TPSA) is 81.4 Å². The van der Waals surface area contributed by atoms with Gasteiger partial charge in [-0.15, -0.1) is 0 Å². The van der Waals surface area contributed by atoms with Crippen LogP contribution in [0.4, 0.5) is 0 Å². The SMILES string of the molecule is CC[C@H](C)[C@@H](NC(=O)Cc1nc(-c2ccccc2)oc1C)C(=O)OC. The van der Waals surface area contributed by atoms with Crippen molar-refractivity contribution in [2.75, 3.05) is 7.11 Å². The van der Waals surface area contributed by atoms with Crippen LogP contribution in [0.25, 0.3) is 11.5 Å². The van der Waals surface area contributed by atoms with Gasteiger partial charge in [-0.25, -0.2) is 9.78 Å². The highest BCUT2D eigenvalue weighted by Gasteiger charge is 2.27. The Labute approximate surface area is 147 Å². The van der Waals surface area contributed by atoms with Crippen LogP contribution >= 0.6 is 0 Å². The third-order valence-electron chi connectivity index (χ3n) is 4.23. The van der Waals surface area contributed by atoms with Crippen molar-refractivity contribution in [2.45, 2.75) is 39.7 Å². The van der Waals surface area contributed by atoms with Crippen LogP contribution in [0, 0.1) is 12.8 Å². The Morgan fingerprint density at radius 2 is 1.96 bits per heavy atom. The van der Waals surface area contributed by atoms with E-state index in [0.29, 0.717) is 17.3 Å². The first-order valence-electron chi connectivity index (χ1n) is 8.35. The van der Waals surface area contributed by atoms with Crippen molar-refractivity contribution in [3.8, 4) is 11.5 Å². The summed E-state index contributed by atoms with van der Waals surface area (Å²) < 4.78 is 10.4. The number of nitrogens with zero attached hydrogens (tertiary/aromatic N) is 1. The number of hydrogen-bond donors (Lipinski definition) is 1. The van der Waals surface area contributed by atoms with E-state index in [1.54, 1.807) is 6.92 Å².